The lowest BCUT2D eigenvalue weighted by Crippen LogP contribution is -1.86. The van der Waals surface area contributed by atoms with Crippen molar-refractivity contribution in [2.75, 3.05) is 12.4 Å². The molecule has 0 aliphatic heterocycles. The summed E-state index contributed by atoms with van der Waals surface area (Å²) in [6, 6.07) is 12.8. The lowest BCUT2D eigenvalue weighted by atomic mass is 10.1. The molecule has 0 spiro atoms. The number of aryl methyl sites for hydroxylation is 1. The van der Waals surface area contributed by atoms with Crippen molar-refractivity contribution in [3.05, 3.63) is 41.3 Å². The van der Waals surface area contributed by atoms with Gasteiger partial charge in [0.1, 0.15) is 0 Å². The molecule has 0 bridgehead atoms. The number of rotatable bonds is 2. The first-order valence-corrected chi connectivity index (χ1v) is 5.46. The Morgan fingerprint density at radius 1 is 1.14 bits per heavy atom. The highest BCUT2D eigenvalue weighted by Crippen LogP contribution is 2.28. The second-order valence-corrected chi connectivity index (χ2v) is 4.53. The van der Waals surface area contributed by atoms with E-state index in [1.807, 2.05) is 18.4 Å². The number of hydrogen-bond donors (Lipinski definition) is 1. The van der Waals surface area contributed by atoms with Crippen LogP contribution in [0.15, 0.2) is 36.4 Å². The third-order valence-electron chi connectivity index (χ3n) is 2.18. The molecule has 0 fully saturated rings. The number of anilines is 1. The third-order valence-corrected chi connectivity index (χ3v) is 3.23. The topological polar surface area (TPSA) is 12.0 Å². The SMILES string of the molecule is CNc1cccc(-c2ccc(C)s2)c1. The minimum Gasteiger partial charge on any atom is -0.388 e. The average Bonchev–Trinajstić information content (AvgIpc) is 2.65. The molecular formula is C12H13NS. The standard InChI is InChI=1S/C12H13NS/c1-9-6-7-12(14-9)10-4-3-5-11(8-10)13-2/h3-8,13H,1-2H3. The van der Waals surface area contributed by atoms with Crippen LogP contribution in [-0.2, 0) is 0 Å². The first kappa shape index (κ1) is 9.28. The van der Waals surface area contributed by atoms with Gasteiger partial charge in [-0.1, -0.05) is 12.1 Å². The minimum atomic E-state index is 1.16. The van der Waals surface area contributed by atoms with Crippen LogP contribution in [0.4, 0.5) is 5.69 Å². The van der Waals surface area contributed by atoms with E-state index in [1.165, 1.54) is 15.3 Å². The summed E-state index contributed by atoms with van der Waals surface area (Å²) < 4.78 is 0. The van der Waals surface area contributed by atoms with E-state index in [2.05, 4.69) is 48.6 Å². The predicted molar refractivity (Wildman–Crippen MR) is 64.0 cm³/mol. The Hall–Kier alpha value is -1.28. The van der Waals surface area contributed by atoms with Crippen molar-refractivity contribution in [1.82, 2.24) is 0 Å². The van der Waals surface area contributed by atoms with Crippen molar-refractivity contribution in [2.45, 2.75) is 6.92 Å². The van der Waals surface area contributed by atoms with Crippen LogP contribution in [0.2, 0.25) is 0 Å². The van der Waals surface area contributed by atoms with Gasteiger partial charge in [-0.25, -0.2) is 0 Å². The summed E-state index contributed by atoms with van der Waals surface area (Å²) in [6.45, 7) is 2.14. The summed E-state index contributed by atoms with van der Waals surface area (Å²) in [7, 11) is 1.94. The van der Waals surface area contributed by atoms with Crippen molar-refractivity contribution < 1.29 is 0 Å². The molecule has 0 unspecified atom stereocenters. The van der Waals surface area contributed by atoms with Crippen LogP contribution in [0.1, 0.15) is 4.88 Å². The van der Waals surface area contributed by atoms with E-state index in [4.69, 9.17) is 0 Å². The molecule has 1 N–H and O–H groups in total. The Morgan fingerprint density at radius 2 is 2.00 bits per heavy atom. The van der Waals surface area contributed by atoms with Gasteiger partial charge in [0, 0.05) is 22.5 Å². The van der Waals surface area contributed by atoms with Gasteiger partial charge in [0.2, 0.25) is 0 Å². The molecule has 2 rings (SSSR count). The van der Waals surface area contributed by atoms with Gasteiger partial charge in [-0.2, -0.15) is 0 Å². The fourth-order valence-electron chi connectivity index (χ4n) is 1.42. The van der Waals surface area contributed by atoms with Crippen molar-refractivity contribution in [3.63, 3.8) is 0 Å². The zero-order chi connectivity index (χ0) is 9.97. The summed E-state index contributed by atoms with van der Waals surface area (Å²) in [5, 5.41) is 3.15. The second kappa shape index (κ2) is 3.84. The Balaban J connectivity index is 2.41. The fourth-order valence-corrected chi connectivity index (χ4v) is 2.28. The van der Waals surface area contributed by atoms with Gasteiger partial charge in [-0.3, -0.25) is 0 Å². The molecule has 0 amide bonds. The molecule has 2 heteroatoms. The van der Waals surface area contributed by atoms with Gasteiger partial charge in [0.25, 0.3) is 0 Å². The molecule has 0 aliphatic carbocycles. The summed E-state index contributed by atoms with van der Waals surface area (Å²) in [6.07, 6.45) is 0. The van der Waals surface area contributed by atoms with E-state index >= 15 is 0 Å². The first-order chi connectivity index (χ1) is 6.79. The maximum atomic E-state index is 3.15. The second-order valence-electron chi connectivity index (χ2n) is 3.24. The maximum Gasteiger partial charge on any atom is 0.0346 e. The molecular weight excluding hydrogens is 190 g/mol. The fraction of sp³-hybridized carbons (Fsp3) is 0.167. The molecule has 2 aromatic rings. The number of benzene rings is 1. The highest BCUT2D eigenvalue weighted by Gasteiger charge is 2.00. The molecule has 72 valence electrons. The van der Waals surface area contributed by atoms with E-state index in [-0.39, 0.29) is 0 Å². The van der Waals surface area contributed by atoms with Crippen molar-refractivity contribution in [3.8, 4) is 10.4 Å². The highest BCUT2D eigenvalue weighted by molar-refractivity contribution is 7.15. The predicted octanol–water partition coefficient (Wildman–Crippen LogP) is 3.77. The molecule has 1 heterocycles. The summed E-state index contributed by atoms with van der Waals surface area (Å²) in [4.78, 5) is 2.69. The maximum absolute atomic E-state index is 3.15. The van der Waals surface area contributed by atoms with Crippen LogP contribution in [-0.4, -0.2) is 7.05 Å². The lowest BCUT2D eigenvalue weighted by Gasteiger charge is -2.02. The number of nitrogens with one attached hydrogen (secondary N) is 1. The zero-order valence-corrected chi connectivity index (χ0v) is 9.19. The van der Waals surface area contributed by atoms with Crippen molar-refractivity contribution >= 4 is 17.0 Å². The lowest BCUT2D eigenvalue weighted by molar-refractivity contribution is 1.51. The first-order valence-electron chi connectivity index (χ1n) is 4.64. The normalized spacial score (nSPS) is 10.1. The van der Waals surface area contributed by atoms with Gasteiger partial charge in [0.15, 0.2) is 0 Å². The van der Waals surface area contributed by atoms with Crippen LogP contribution in [0, 0.1) is 6.92 Å². The van der Waals surface area contributed by atoms with E-state index < -0.39 is 0 Å². The molecule has 1 aromatic heterocycles. The molecule has 0 saturated heterocycles. The van der Waals surface area contributed by atoms with E-state index in [1.54, 1.807) is 0 Å². The molecule has 0 aliphatic rings. The monoisotopic (exact) mass is 203 g/mol. The molecule has 14 heavy (non-hydrogen) atoms. The van der Waals surface area contributed by atoms with Crippen LogP contribution in [0.25, 0.3) is 10.4 Å². The van der Waals surface area contributed by atoms with E-state index in [0.717, 1.165) is 5.69 Å². The zero-order valence-electron chi connectivity index (χ0n) is 8.37. The number of hydrogen-bond acceptors (Lipinski definition) is 2. The number of thiophene rings is 1. The minimum absolute atomic E-state index is 1.16. The van der Waals surface area contributed by atoms with Crippen LogP contribution in [0.5, 0.6) is 0 Å². The Morgan fingerprint density at radius 3 is 2.64 bits per heavy atom. The summed E-state index contributed by atoms with van der Waals surface area (Å²) in [5.41, 5.74) is 2.45. The third kappa shape index (κ3) is 1.80. The van der Waals surface area contributed by atoms with Crippen LogP contribution in [0.3, 0.4) is 0 Å². The highest BCUT2D eigenvalue weighted by atomic mass is 32.1. The summed E-state index contributed by atoms with van der Waals surface area (Å²) in [5.74, 6) is 0. The van der Waals surface area contributed by atoms with Gasteiger partial charge in [-0.15, -0.1) is 11.3 Å². The van der Waals surface area contributed by atoms with Gasteiger partial charge in [-0.05, 0) is 36.8 Å². The molecule has 1 aromatic carbocycles. The van der Waals surface area contributed by atoms with Gasteiger partial charge in [0.05, 0.1) is 0 Å². The Kier molecular flexibility index (Phi) is 2.55. The largest absolute Gasteiger partial charge is 0.388 e. The average molecular weight is 203 g/mol. The molecule has 0 radical (unpaired) electrons. The smallest absolute Gasteiger partial charge is 0.0346 e. The molecule has 0 saturated carbocycles. The Labute approximate surface area is 88.4 Å². The quantitative estimate of drug-likeness (QED) is 0.783. The van der Waals surface area contributed by atoms with E-state index in [0.29, 0.717) is 0 Å². The van der Waals surface area contributed by atoms with Crippen molar-refractivity contribution in [1.29, 1.82) is 0 Å². The van der Waals surface area contributed by atoms with Gasteiger partial charge < -0.3 is 5.32 Å². The molecule has 0 atom stereocenters. The van der Waals surface area contributed by atoms with Gasteiger partial charge >= 0.3 is 0 Å². The molecule has 1 nitrogen and oxygen atoms in total. The van der Waals surface area contributed by atoms with E-state index in [9.17, 15) is 0 Å². The Bertz CT molecular complexity index is 431. The van der Waals surface area contributed by atoms with Crippen molar-refractivity contribution in [2.24, 2.45) is 0 Å². The summed E-state index contributed by atoms with van der Waals surface area (Å²) >= 11 is 1.83. The van der Waals surface area contributed by atoms with Crippen LogP contribution < -0.4 is 5.32 Å². The van der Waals surface area contributed by atoms with Crippen LogP contribution >= 0.6 is 11.3 Å².